The summed E-state index contributed by atoms with van der Waals surface area (Å²) in [4.78, 5) is 38.6. The molecule has 2 aliphatic heterocycles. The number of hydrogen-bond acceptors (Lipinski definition) is 6. The smallest absolute Gasteiger partial charge is 0.246 e. The van der Waals surface area contributed by atoms with Gasteiger partial charge in [0.25, 0.3) is 0 Å². The molecule has 1 aromatic rings. The van der Waals surface area contributed by atoms with E-state index in [2.05, 4.69) is 10.6 Å². The number of piperazine rings is 1. The number of carbonyl (C=O) groups is 3. The average molecular weight is 361 g/mol. The van der Waals surface area contributed by atoms with E-state index in [0.717, 1.165) is 5.56 Å². The lowest BCUT2D eigenvalue weighted by molar-refractivity contribution is -0.147. The first-order chi connectivity index (χ1) is 12.5. The number of carbonyl (C=O) groups excluding carboxylic acids is 3. The van der Waals surface area contributed by atoms with Gasteiger partial charge in [-0.1, -0.05) is 30.3 Å². The van der Waals surface area contributed by atoms with Crippen molar-refractivity contribution in [3.8, 4) is 0 Å². The molecule has 2 saturated heterocycles. The van der Waals surface area contributed by atoms with Crippen molar-refractivity contribution >= 4 is 17.7 Å². The molecule has 0 saturated carbocycles. The van der Waals surface area contributed by atoms with E-state index in [-0.39, 0.29) is 30.0 Å². The van der Waals surface area contributed by atoms with Gasteiger partial charge in [-0.3, -0.25) is 19.6 Å². The monoisotopic (exact) mass is 361 g/mol. The summed E-state index contributed by atoms with van der Waals surface area (Å²) in [7, 11) is 0. The van der Waals surface area contributed by atoms with Crippen molar-refractivity contribution in [3.05, 3.63) is 41.1 Å². The molecule has 140 valence electrons. The van der Waals surface area contributed by atoms with Crippen LogP contribution in [0.25, 0.3) is 0 Å². The van der Waals surface area contributed by atoms with Gasteiger partial charge < -0.3 is 25.9 Å². The summed E-state index contributed by atoms with van der Waals surface area (Å²) in [5.41, 5.74) is 0.958. The molecular weight excluding hydrogens is 340 g/mol. The van der Waals surface area contributed by atoms with E-state index in [4.69, 9.17) is 5.21 Å². The molecule has 0 radical (unpaired) electrons. The predicted octanol–water partition coefficient (Wildman–Crippen LogP) is -0.608. The van der Waals surface area contributed by atoms with E-state index >= 15 is 0 Å². The van der Waals surface area contributed by atoms with Crippen LogP contribution in [0.1, 0.15) is 18.4 Å². The topological polar surface area (TPSA) is 125 Å². The Bertz CT molecular complexity index is 681. The number of benzene rings is 1. The molecule has 9 heteroatoms. The number of rotatable bonds is 6. The third-order valence-electron chi connectivity index (χ3n) is 4.72. The standard InChI is InChI=1S/C17H21N4O5/c22-14(7-9-21(25)26)18-12-6-8-20-15(12)16(23)19-13(17(20)24)10-11-4-2-1-3-5-11/h1-5,12-13,15,25H,6-10H2,(H,18,22)(H,19,23)/q-1/t12-,13-,15-/m0/s1. The van der Waals surface area contributed by atoms with E-state index in [1.54, 1.807) is 0 Å². The number of amides is 3. The minimum atomic E-state index is -0.740. The van der Waals surface area contributed by atoms with Crippen LogP contribution < -0.4 is 10.6 Å². The minimum absolute atomic E-state index is 0.156. The Morgan fingerprint density at radius 1 is 1.35 bits per heavy atom. The first-order valence-electron chi connectivity index (χ1n) is 8.53. The summed E-state index contributed by atoms with van der Waals surface area (Å²) in [5, 5.41) is 24.2. The van der Waals surface area contributed by atoms with Gasteiger partial charge in [-0.15, -0.1) is 0 Å². The molecular formula is C17H21N4O5-. The summed E-state index contributed by atoms with van der Waals surface area (Å²) in [5.74, 6) is -0.893. The lowest BCUT2D eigenvalue weighted by Gasteiger charge is -2.36. The summed E-state index contributed by atoms with van der Waals surface area (Å²) < 4.78 is 0. The van der Waals surface area contributed by atoms with Gasteiger partial charge in [-0.25, -0.2) is 0 Å². The number of hydroxylamine groups is 2. The highest BCUT2D eigenvalue weighted by Gasteiger charge is 2.48. The Hall–Kier alpha value is -2.49. The molecule has 0 bridgehead atoms. The maximum absolute atomic E-state index is 12.7. The van der Waals surface area contributed by atoms with E-state index < -0.39 is 24.0 Å². The molecule has 2 aliphatic rings. The highest BCUT2D eigenvalue weighted by Crippen LogP contribution is 2.24. The fourth-order valence-corrected chi connectivity index (χ4v) is 3.50. The second kappa shape index (κ2) is 7.81. The van der Waals surface area contributed by atoms with Crippen molar-refractivity contribution in [1.29, 1.82) is 0 Å². The summed E-state index contributed by atoms with van der Waals surface area (Å²) in [6.45, 7) is 0.0397. The summed E-state index contributed by atoms with van der Waals surface area (Å²) >= 11 is 0. The molecule has 0 unspecified atom stereocenters. The largest absolute Gasteiger partial charge is 0.762 e. The van der Waals surface area contributed by atoms with E-state index in [0.29, 0.717) is 19.4 Å². The molecule has 26 heavy (non-hydrogen) atoms. The van der Waals surface area contributed by atoms with Crippen LogP contribution in [-0.4, -0.2) is 64.3 Å². The van der Waals surface area contributed by atoms with Crippen LogP contribution in [0.4, 0.5) is 0 Å². The van der Waals surface area contributed by atoms with Crippen LogP contribution >= 0.6 is 0 Å². The summed E-state index contributed by atoms with van der Waals surface area (Å²) in [6, 6.07) is 7.60. The fraction of sp³-hybridized carbons (Fsp3) is 0.471. The third-order valence-corrected chi connectivity index (χ3v) is 4.72. The molecule has 0 spiro atoms. The zero-order chi connectivity index (χ0) is 18.7. The van der Waals surface area contributed by atoms with Crippen molar-refractivity contribution in [2.75, 3.05) is 13.1 Å². The van der Waals surface area contributed by atoms with Gasteiger partial charge in [0.2, 0.25) is 17.7 Å². The highest BCUT2D eigenvalue weighted by molar-refractivity contribution is 5.98. The molecule has 3 atom stereocenters. The Morgan fingerprint density at radius 3 is 2.77 bits per heavy atom. The molecule has 2 fully saturated rings. The zero-order valence-corrected chi connectivity index (χ0v) is 14.1. The second-order valence-corrected chi connectivity index (χ2v) is 6.52. The zero-order valence-electron chi connectivity index (χ0n) is 14.1. The van der Waals surface area contributed by atoms with Crippen LogP contribution in [0.2, 0.25) is 0 Å². The number of fused-ring (bicyclic) bond motifs is 1. The maximum atomic E-state index is 12.7. The first kappa shape index (κ1) is 18.3. The number of hydrogen-bond donors (Lipinski definition) is 3. The Labute approximate surface area is 150 Å². The fourth-order valence-electron chi connectivity index (χ4n) is 3.50. The third kappa shape index (κ3) is 4.01. The van der Waals surface area contributed by atoms with Crippen molar-refractivity contribution in [2.45, 2.75) is 37.4 Å². The van der Waals surface area contributed by atoms with E-state index in [1.807, 2.05) is 30.3 Å². The molecule has 3 N–H and O–H groups in total. The molecule has 1 aromatic carbocycles. The van der Waals surface area contributed by atoms with Gasteiger partial charge in [-0.2, -0.15) is 0 Å². The Balaban J connectivity index is 1.62. The van der Waals surface area contributed by atoms with Crippen molar-refractivity contribution in [3.63, 3.8) is 0 Å². The van der Waals surface area contributed by atoms with Gasteiger partial charge >= 0.3 is 0 Å². The molecule has 3 rings (SSSR count). The van der Waals surface area contributed by atoms with Crippen LogP contribution in [0.15, 0.2) is 30.3 Å². The van der Waals surface area contributed by atoms with Gasteiger partial charge in [0.05, 0.1) is 6.04 Å². The minimum Gasteiger partial charge on any atom is -0.762 e. The second-order valence-electron chi connectivity index (χ2n) is 6.52. The van der Waals surface area contributed by atoms with Crippen LogP contribution in [0.5, 0.6) is 0 Å². The Kier molecular flexibility index (Phi) is 5.50. The maximum Gasteiger partial charge on any atom is 0.246 e. The predicted molar refractivity (Wildman–Crippen MR) is 90.6 cm³/mol. The van der Waals surface area contributed by atoms with Crippen molar-refractivity contribution < 1.29 is 19.6 Å². The average Bonchev–Trinajstić information content (AvgIpc) is 3.03. The molecule has 2 heterocycles. The van der Waals surface area contributed by atoms with Gasteiger partial charge in [-0.05, 0) is 12.0 Å². The van der Waals surface area contributed by atoms with Crippen LogP contribution in [0, 0.1) is 5.21 Å². The van der Waals surface area contributed by atoms with Crippen LogP contribution in [0.3, 0.4) is 0 Å². The molecule has 3 amide bonds. The lowest BCUT2D eigenvalue weighted by Crippen LogP contribution is -2.65. The quantitative estimate of drug-likeness (QED) is 0.581. The lowest BCUT2D eigenvalue weighted by atomic mass is 9.99. The first-order valence-corrected chi connectivity index (χ1v) is 8.53. The van der Waals surface area contributed by atoms with Gasteiger partial charge in [0, 0.05) is 25.9 Å². The van der Waals surface area contributed by atoms with E-state index in [9.17, 15) is 19.6 Å². The van der Waals surface area contributed by atoms with Crippen molar-refractivity contribution in [2.24, 2.45) is 0 Å². The number of nitrogens with one attached hydrogen (secondary N) is 2. The molecule has 0 aliphatic carbocycles. The molecule has 0 aromatic heterocycles. The molecule has 9 nitrogen and oxygen atoms in total. The SMILES string of the molecule is O=C(CCN([O-])O)N[C@H]1CCN2C(=O)[C@H](Cc3ccccc3)NC(=O)[C@H]12. The van der Waals surface area contributed by atoms with Crippen molar-refractivity contribution in [1.82, 2.24) is 20.8 Å². The summed E-state index contributed by atoms with van der Waals surface area (Å²) in [6.07, 6.45) is 0.699. The van der Waals surface area contributed by atoms with Gasteiger partial charge in [0.1, 0.15) is 12.1 Å². The van der Waals surface area contributed by atoms with Gasteiger partial charge in [0.15, 0.2) is 0 Å². The normalized spacial score (nSPS) is 25.2. The Morgan fingerprint density at radius 2 is 2.08 bits per heavy atom. The number of nitrogens with zero attached hydrogens (tertiary/aromatic N) is 2. The highest BCUT2D eigenvalue weighted by atomic mass is 16.8. The van der Waals surface area contributed by atoms with E-state index in [1.165, 1.54) is 4.90 Å². The van der Waals surface area contributed by atoms with Crippen LogP contribution in [-0.2, 0) is 20.8 Å².